The maximum atomic E-state index is 15.1. The largest absolute Gasteiger partial charge is 0.507 e. The second kappa shape index (κ2) is 12.9. The van der Waals surface area contributed by atoms with Gasteiger partial charge in [0.2, 0.25) is 5.91 Å². The van der Waals surface area contributed by atoms with Crippen molar-refractivity contribution in [2.45, 2.75) is 72.9 Å². The quantitative estimate of drug-likeness (QED) is 0.248. The van der Waals surface area contributed by atoms with Gasteiger partial charge in [0.1, 0.15) is 23.7 Å². The number of aromatic nitrogens is 5. The second-order valence-corrected chi connectivity index (χ2v) is 12.1. The number of amides is 1. The van der Waals surface area contributed by atoms with Crippen molar-refractivity contribution in [1.29, 1.82) is 0 Å². The number of rotatable bonds is 6. The van der Waals surface area contributed by atoms with E-state index < -0.39 is 11.5 Å². The number of halogens is 2. The van der Waals surface area contributed by atoms with E-state index in [4.69, 9.17) is 16.6 Å². The molecule has 0 aliphatic carbocycles. The van der Waals surface area contributed by atoms with E-state index in [1.165, 1.54) is 35.2 Å². The zero-order valence-electron chi connectivity index (χ0n) is 25.5. The number of hydrogen-bond donors (Lipinski definition) is 1. The van der Waals surface area contributed by atoms with Crippen LogP contribution in [0.2, 0.25) is 5.02 Å². The third-order valence-corrected chi connectivity index (χ3v) is 8.16. The van der Waals surface area contributed by atoms with Crippen molar-refractivity contribution in [1.82, 2.24) is 29.4 Å². The SMILES string of the molecule is C.C=CC(=O)N1[C@H](C)CN(c2nc(=O)n(-c3c(C(C)C)ncnc3C(C)C)c3nc(-c4c(O)cccc4F)c(Cl)cc23)C[C@@H]1C. The normalized spacial score (nSPS) is 16.8. The van der Waals surface area contributed by atoms with Crippen LogP contribution >= 0.6 is 11.6 Å². The lowest BCUT2D eigenvalue weighted by atomic mass is 10.0. The van der Waals surface area contributed by atoms with Gasteiger partial charge in [0.15, 0.2) is 5.65 Å². The number of hydrogen-bond acceptors (Lipinski definition) is 8. The first kappa shape index (κ1) is 33.5. The Balaban J connectivity index is 0.00000461. The Labute approximate surface area is 267 Å². The van der Waals surface area contributed by atoms with Crippen LogP contribution in [0, 0.1) is 5.82 Å². The van der Waals surface area contributed by atoms with Crippen LogP contribution in [0.15, 0.2) is 48.0 Å². The maximum absolute atomic E-state index is 15.1. The fraction of sp³-hybridized carbons (Fsp3) is 0.394. The molecule has 0 bridgehead atoms. The van der Waals surface area contributed by atoms with Gasteiger partial charge in [-0.3, -0.25) is 4.79 Å². The predicted molar refractivity (Wildman–Crippen MR) is 176 cm³/mol. The highest BCUT2D eigenvalue weighted by Crippen LogP contribution is 2.39. The van der Waals surface area contributed by atoms with Crippen molar-refractivity contribution < 1.29 is 14.3 Å². The third-order valence-electron chi connectivity index (χ3n) is 7.87. The van der Waals surface area contributed by atoms with Crippen LogP contribution in [0.5, 0.6) is 5.75 Å². The van der Waals surface area contributed by atoms with Crippen LogP contribution in [0.4, 0.5) is 10.2 Å². The standard InChI is InChI=1S/C32H35ClFN7O3.CH4/c1-8-24(43)40-18(6)13-39(14-19(40)7)30-20-12-21(33)28(25-22(34)10-9-11-23(25)42)37-31(20)41(32(44)38-30)29-26(16(2)3)35-15-36-27(29)17(4)5;/h8-12,15-19,42H,1,13-14H2,2-7H3;1H4/t18-,19+;. The summed E-state index contributed by atoms with van der Waals surface area (Å²) in [6, 6.07) is 5.08. The molecule has 12 heteroatoms. The summed E-state index contributed by atoms with van der Waals surface area (Å²) >= 11 is 6.77. The molecule has 4 heterocycles. The molecule has 1 saturated heterocycles. The Bertz CT molecular complexity index is 1780. The molecule has 1 amide bonds. The minimum Gasteiger partial charge on any atom is -0.507 e. The van der Waals surface area contributed by atoms with Gasteiger partial charge in [0.05, 0.1) is 38.7 Å². The summed E-state index contributed by atoms with van der Waals surface area (Å²) in [6.07, 6.45) is 2.77. The number of pyridine rings is 1. The molecule has 0 saturated carbocycles. The number of anilines is 1. The lowest BCUT2D eigenvalue weighted by Crippen LogP contribution is -2.58. The number of fused-ring (bicyclic) bond motifs is 1. The van der Waals surface area contributed by atoms with E-state index in [2.05, 4.69) is 21.5 Å². The van der Waals surface area contributed by atoms with Crippen molar-refractivity contribution in [3.05, 3.63) is 76.0 Å². The van der Waals surface area contributed by atoms with Crippen LogP contribution in [0.25, 0.3) is 28.0 Å². The van der Waals surface area contributed by atoms with Gasteiger partial charge < -0.3 is 14.9 Å². The smallest absolute Gasteiger partial charge is 0.355 e. The Morgan fingerprint density at radius 1 is 1.09 bits per heavy atom. The number of phenolic OH excluding ortho intramolecular Hbond substituents is 1. The van der Waals surface area contributed by atoms with E-state index >= 15 is 4.39 Å². The molecule has 5 rings (SSSR count). The molecule has 1 N–H and O–H groups in total. The number of nitrogens with zero attached hydrogens (tertiary/aromatic N) is 7. The van der Waals surface area contributed by atoms with Gasteiger partial charge in [-0.25, -0.2) is 28.7 Å². The average Bonchev–Trinajstić information content (AvgIpc) is 2.96. The number of phenols is 1. The predicted octanol–water partition coefficient (Wildman–Crippen LogP) is 6.23. The van der Waals surface area contributed by atoms with Gasteiger partial charge in [0, 0.05) is 25.2 Å². The Hall–Kier alpha value is -4.38. The molecule has 3 aromatic heterocycles. The van der Waals surface area contributed by atoms with Crippen LogP contribution in [-0.4, -0.2) is 65.6 Å². The van der Waals surface area contributed by atoms with Crippen LogP contribution < -0.4 is 10.6 Å². The number of carbonyl (C=O) groups is 1. The highest BCUT2D eigenvalue weighted by Gasteiger charge is 2.34. The molecule has 1 aliphatic rings. The van der Waals surface area contributed by atoms with Gasteiger partial charge in [-0.15, -0.1) is 0 Å². The number of carbonyl (C=O) groups excluding carboxylic acids is 1. The van der Waals surface area contributed by atoms with E-state index in [-0.39, 0.29) is 64.9 Å². The van der Waals surface area contributed by atoms with Crippen LogP contribution in [0.3, 0.4) is 0 Å². The zero-order valence-corrected chi connectivity index (χ0v) is 26.3. The molecule has 0 unspecified atom stereocenters. The van der Waals surface area contributed by atoms with Gasteiger partial charge in [-0.2, -0.15) is 4.98 Å². The number of aromatic hydroxyl groups is 1. The minimum absolute atomic E-state index is 0. The van der Waals surface area contributed by atoms with Gasteiger partial charge >= 0.3 is 5.69 Å². The Morgan fingerprint density at radius 2 is 1.69 bits per heavy atom. The Morgan fingerprint density at radius 3 is 2.22 bits per heavy atom. The molecule has 4 aromatic rings. The maximum Gasteiger partial charge on any atom is 0.355 e. The van der Waals surface area contributed by atoms with Crippen molar-refractivity contribution in [2.24, 2.45) is 0 Å². The summed E-state index contributed by atoms with van der Waals surface area (Å²) < 4.78 is 16.5. The van der Waals surface area contributed by atoms with Crippen molar-refractivity contribution >= 4 is 34.4 Å². The molecule has 238 valence electrons. The van der Waals surface area contributed by atoms with E-state index in [1.54, 1.807) is 11.0 Å². The third kappa shape index (κ3) is 5.88. The van der Waals surface area contributed by atoms with Gasteiger partial charge in [-0.1, -0.05) is 59.4 Å². The highest BCUT2D eigenvalue weighted by molar-refractivity contribution is 6.34. The fourth-order valence-electron chi connectivity index (χ4n) is 5.99. The lowest BCUT2D eigenvalue weighted by Gasteiger charge is -2.44. The van der Waals surface area contributed by atoms with E-state index in [0.29, 0.717) is 41.4 Å². The first-order chi connectivity index (χ1) is 20.8. The summed E-state index contributed by atoms with van der Waals surface area (Å²) in [7, 11) is 0. The highest BCUT2D eigenvalue weighted by atomic mass is 35.5. The zero-order chi connectivity index (χ0) is 32.0. The van der Waals surface area contributed by atoms with Crippen molar-refractivity contribution in [3.8, 4) is 22.7 Å². The molecule has 1 aliphatic heterocycles. The molecule has 1 aromatic carbocycles. The molecule has 0 spiro atoms. The van der Waals surface area contributed by atoms with Crippen molar-refractivity contribution in [2.75, 3.05) is 18.0 Å². The van der Waals surface area contributed by atoms with E-state index in [9.17, 15) is 14.7 Å². The number of piperazine rings is 1. The summed E-state index contributed by atoms with van der Waals surface area (Å²) in [5.41, 5.74) is 0.999. The topological polar surface area (TPSA) is 117 Å². The first-order valence-corrected chi connectivity index (χ1v) is 14.9. The van der Waals surface area contributed by atoms with Gasteiger partial charge in [-0.05, 0) is 50.0 Å². The second-order valence-electron chi connectivity index (χ2n) is 11.7. The summed E-state index contributed by atoms with van der Waals surface area (Å²) in [5.74, 6) is -1.09. The minimum atomic E-state index is -0.721. The molecule has 10 nitrogen and oxygen atoms in total. The molecule has 45 heavy (non-hydrogen) atoms. The van der Waals surface area contributed by atoms with Crippen molar-refractivity contribution in [3.63, 3.8) is 0 Å². The van der Waals surface area contributed by atoms with E-state index in [0.717, 1.165) is 0 Å². The summed E-state index contributed by atoms with van der Waals surface area (Å²) in [6.45, 7) is 16.1. The molecule has 2 atom stereocenters. The first-order valence-electron chi connectivity index (χ1n) is 14.5. The van der Waals surface area contributed by atoms with Gasteiger partial charge in [0.25, 0.3) is 0 Å². The summed E-state index contributed by atoms with van der Waals surface area (Å²) in [4.78, 5) is 48.9. The lowest BCUT2D eigenvalue weighted by molar-refractivity contribution is -0.130. The monoisotopic (exact) mass is 635 g/mol. The molecule has 1 fully saturated rings. The summed E-state index contributed by atoms with van der Waals surface area (Å²) in [5, 5.41) is 11.1. The number of benzene rings is 1. The molecular weight excluding hydrogens is 597 g/mol. The Kier molecular flexibility index (Phi) is 9.62. The molecular formula is C33H39ClFN7O3. The molecule has 0 radical (unpaired) electrons. The average molecular weight is 636 g/mol. The van der Waals surface area contributed by atoms with E-state index in [1.807, 2.05) is 46.4 Å². The van der Waals surface area contributed by atoms with Crippen LogP contribution in [-0.2, 0) is 4.79 Å². The fourth-order valence-corrected chi connectivity index (χ4v) is 6.23. The van der Waals surface area contributed by atoms with Crippen LogP contribution in [0.1, 0.15) is 72.2 Å².